The van der Waals surface area contributed by atoms with Crippen LogP contribution in [0.2, 0.25) is 0 Å². The number of piperidine rings is 1. The smallest absolute Gasteiger partial charge is 0.252 e. The molecular formula is C18H30N4O2. The van der Waals surface area contributed by atoms with E-state index in [1.54, 1.807) is 6.20 Å². The molecule has 0 saturated carbocycles. The number of carbonyl (C=O) groups is 2. The Morgan fingerprint density at radius 1 is 1.12 bits per heavy atom. The first-order valence-electron chi connectivity index (χ1n) is 9.14. The van der Waals surface area contributed by atoms with Gasteiger partial charge < -0.3 is 21.3 Å². The van der Waals surface area contributed by atoms with E-state index in [0.29, 0.717) is 12.1 Å². The molecule has 4 N–H and O–H groups in total. The van der Waals surface area contributed by atoms with Crippen LogP contribution in [-0.2, 0) is 9.59 Å². The minimum Gasteiger partial charge on any atom is -0.387 e. The summed E-state index contributed by atoms with van der Waals surface area (Å²) in [5.74, 6) is 0.315. The van der Waals surface area contributed by atoms with E-state index in [1.807, 2.05) is 12.2 Å². The van der Waals surface area contributed by atoms with Crippen molar-refractivity contribution in [3.05, 3.63) is 23.9 Å². The van der Waals surface area contributed by atoms with Gasteiger partial charge >= 0.3 is 0 Å². The van der Waals surface area contributed by atoms with Crippen LogP contribution in [0.15, 0.2) is 23.9 Å². The molecule has 134 valence electrons. The lowest BCUT2D eigenvalue weighted by Crippen LogP contribution is -2.40. The molecule has 0 aromatic carbocycles. The Hall–Kier alpha value is -1.82. The fourth-order valence-corrected chi connectivity index (χ4v) is 2.95. The van der Waals surface area contributed by atoms with E-state index in [4.69, 9.17) is 0 Å². The lowest BCUT2D eigenvalue weighted by Gasteiger charge is -2.21. The summed E-state index contributed by atoms with van der Waals surface area (Å²) in [5.41, 5.74) is 0.682. The zero-order chi connectivity index (χ0) is 17.0. The number of dihydropyridines is 1. The van der Waals surface area contributed by atoms with Crippen molar-refractivity contribution >= 4 is 11.8 Å². The molecule has 0 aromatic rings. The minimum absolute atomic E-state index is 0.0215. The lowest BCUT2D eigenvalue weighted by molar-refractivity contribution is -0.125. The third kappa shape index (κ3) is 6.74. The largest absolute Gasteiger partial charge is 0.387 e. The van der Waals surface area contributed by atoms with E-state index < -0.39 is 0 Å². The zero-order valence-corrected chi connectivity index (χ0v) is 14.4. The van der Waals surface area contributed by atoms with Gasteiger partial charge in [-0.2, -0.15) is 0 Å². The highest BCUT2D eigenvalue weighted by Crippen LogP contribution is 2.09. The maximum atomic E-state index is 11.9. The van der Waals surface area contributed by atoms with E-state index >= 15 is 0 Å². The molecule has 6 heteroatoms. The van der Waals surface area contributed by atoms with E-state index in [1.165, 1.54) is 0 Å². The Bertz CT molecular complexity index is 468. The first-order chi connectivity index (χ1) is 11.8. The van der Waals surface area contributed by atoms with E-state index in [9.17, 15) is 9.59 Å². The summed E-state index contributed by atoms with van der Waals surface area (Å²) in [6.45, 7) is 4.08. The average molecular weight is 334 g/mol. The van der Waals surface area contributed by atoms with Gasteiger partial charge in [0.2, 0.25) is 5.91 Å². The Morgan fingerprint density at radius 3 is 2.58 bits per heavy atom. The molecule has 2 aliphatic rings. The topological polar surface area (TPSA) is 82.3 Å². The quantitative estimate of drug-likeness (QED) is 0.471. The van der Waals surface area contributed by atoms with Crippen molar-refractivity contribution in [2.24, 2.45) is 5.92 Å². The predicted molar refractivity (Wildman–Crippen MR) is 95.3 cm³/mol. The van der Waals surface area contributed by atoms with Crippen LogP contribution in [0.1, 0.15) is 38.5 Å². The maximum Gasteiger partial charge on any atom is 0.252 e. The van der Waals surface area contributed by atoms with Crippen LogP contribution in [0, 0.1) is 5.92 Å². The lowest BCUT2D eigenvalue weighted by atomic mass is 9.99. The average Bonchev–Trinajstić information content (AvgIpc) is 2.65. The Kier molecular flexibility index (Phi) is 8.38. The molecular weight excluding hydrogens is 304 g/mol. The van der Waals surface area contributed by atoms with Gasteiger partial charge in [0.05, 0.1) is 11.5 Å². The van der Waals surface area contributed by atoms with E-state index in [0.717, 1.165) is 64.7 Å². The van der Waals surface area contributed by atoms with Gasteiger partial charge in [0.1, 0.15) is 0 Å². The second-order valence-corrected chi connectivity index (χ2v) is 6.41. The highest BCUT2D eigenvalue weighted by molar-refractivity contribution is 5.96. The van der Waals surface area contributed by atoms with Gasteiger partial charge in [-0.15, -0.1) is 0 Å². The molecule has 2 amide bonds. The second-order valence-electron chi connectivity index (χ2n) is 6.41. The number of carbonyl (C=O) groups excluding carboxylic acids is 2. The molecule has 24 heavy (non-hydrogen) atoms. The van der Waals surface area contributed by atoms with Crippen LogP contribution in [-0.4, -0.2) is 44.5 Å². The predicted octanol–water partition coefficient (Wildman–Crippen LogP) is 0.822. The molecule has 0 bridgehead atoms. The van der Waals surface area contributed by atoms with Gasteiger partial charge in [-0.05, 0) is 32.2 Å². The molecule has 0 radical (unpaired) electrons. The number of nitrogens with one attached hydrogen (secondary N) is 4. The van der Waals surface area contributed by atoms with Gasteiger partial charge in [0.25, 0.3) is 5.91 Å². The number of rotatable bonds is 9. The van der Waals surface area contributed by atoms with Gasteiger partial charge in [-0.25, -0.2) is 0 Å². The number of amides is 2. The van der Waals surface area contributed by atoms with Crippen LogP contribution in [0.5, 0.6) is 0 Å². The molecule has 2 heterocycles. The second kappa shape index (κ2) is 10.9. The highest BCUT2D eigenvalue weighted by Gasteiger charge is 2.19. The van der Waals surface area contributed by atoms with Crippen molar-refractivity contribution in [3.8, 4) is 0 Å². The zero-order valence-electron chi connectivity index (χ0n) is 14.4. The van der Waals surface area contributed by atoms with Crippen molar-refractivity contribution in [1.82, 2.24) is 21.3 Å². The summed E-state index contributed by atoms with van der Waals surface area (Å²) >= 11 is 0. The summed E-state index contributed by atoms with van der Waals surface area (Å²) in [6.07, 6.45) is 11.7. The van der Waals surface area contributed by atoms with Crippen LogP contribution < -0.4 is 21.3 Å². The van der Waals surface area contributed by atoms with Crippen molar-refractivity contribution in [2.45, 2.75) is 38.5 Å². The molecule has 1 atom stereocenters. The summed E-state index contributed by atoms with van der Waals surface area (Å²) in [6, 6.07) is 0. The van der Waals surface area contributed by atoms with Crippen LogP contribution in [0.4, 0.5) is 0 Å². The molecule has 1 saturated heterocycles. The summed E-state index contributed by atoms with van der Waals surface area (Å²) in [7, 11) is 0. The van der Waals surface area contributed by atoms with Crippen LogP contribution >= 0.6 is 0 Å². The molecule has 2 rings (SSSR count). The molecule has 1 fully saturated rings. The third-order valence-electron chi connectivity index (χ3n) is 4.41. The normalized spacial score (nSPS) is 20.0. The molecule has 1 unspecified atom stereocenters. The molecule has 0 aliphatic carbocycles. The van der Waals surface area contributed by atoms with Crippen LogP contribution in [0.25, 0.3) is 0 Å². The van der Waals surface area contributed by atoms with Crippen LogP contribution in [0.3, 0.4) is 0 Å². The molecule has 6 nitrogen and oxygen atoms in total. The number of unbranched alkanes of at least 4 members (excludes halogenated alkanes) is 3. The van der Waals surface area contributed by atoms with E-state index in [2.05, 4.69) is 21.3 Å². The van der Waals surface area contributed by atoms with Gasteiger partial charge in [0, 0.05) is 32.4 Å². The molecule has 0 spiro atoms. The summed E-state index contributed by atoms with van der Waals surface area (Å²) < 4.78 is 0. The first-order valence-corrected chi connectivity index (χ1v) is 9.14. The van der Waals surface area contributed by atoms with Crippen molar-refractivity contribution in [2.75, 3.05) is 32.7 Å². The molecule has 0 aromatic heterocycles. The van der Waals surface area contributed by atoms with Crippen molar-refractivity contribution < 1.29 is 9.59 Å². The third-order valence-corrected chi connectivity index (χ3v) is 4.41. The standard InChI is InChI=1S/C18H30N4O2/c23-17(15-7-5-9-19-13-15)21-11-3-1-2-4-12-22-18(24)16-8-6-10-20-14-16/h5,7,13,16,19-20H,1-4,6,8-12,14H2,(H,21,23)(H,22,24). The monoisotopic (exact) mass is 334 g/mol. The van der Waals surface area contributed by atoms with E-state index in [-0.39, 0.29) is 17.7 Å². The summed E-state index contributed by atoms with van der Waals surface area (Å²) in [5, 5.41) is 12.3. The Morgan fingerprint density at radius 2 is 1.92 bits per heavy atom. The van der Waals surface area contributed by atoms with Crippen molar-refractivity contribution in [3.63, 3.8) is 0 Å². The van der Waals surface area contributed by atoms with Gasteiger partial charge in [-0.1, -0.05) is 25.0 Å². The maximum absolute atomic E-state index is 11.9. The SMILES string of the molecule is O=C(NCCCCCCNC(=O)C1CCCNC1)C1=CNCC=C1. The first kappa shape index (κ1) is 18.5. The summed E-state index contributed by atoms with van der Waals surface area (Å²) in [4.78, 5) is 23.8. The fraction of sp³-hybridized carbons (Fsp3) is 0.667. The van der Waals surface area contributed by atoms with Crippen molar-refractivity contribution in [1.29, 1.82) is 0 Å². The Labute approximate surface area is 144 Å². The molecule has 2 aliphatic heterocycles. The van der Waals surface area contributed by atoms with Gasteiger partial charge in [0.15, 0.2) is 0 Å². The Balaban J connectivity index is 1.42. The fourth-order valence-electron chi connectivity index (χ4n) is 2.95. The number of hydrogen-bond acceptors (Lipinski definition) is 4. The minimum atomic E-state index is -0.0215. The van der Waals surface area contributed by atoms with Gasteiger partial charge in [-0.3, -0.25) is 9.59 Å². The highest BCUT2D eigenvalue weighted by atomic mass is 16.2. The number of hydrogen-bond donors (Lipinski definition) is 4.